The van der Waals surface area contributed by atoms with Gasteiger partial charge in [0.25, 0.3) is 0 Å². The molecule has 0 spiro atoms. The Kier molecular flexibility index (Phi) is 4.24. The van der Waals surface area contributed by atoms with Crippen molar-refractivity contribution in [3.05, 3.63) is 17.7 Å². The molecule has 2 aliphatic heterocycles. The number of benzene rings is 1. The van der Waals surface area contributed by atoms with Crippen molar-refractivity contribution in [2.75, 3.05) is 45.0 Å². The molecule has 5 nitrogen and oxygen atoms in total. The molecule has 1 fully saturated rings. The number of fused-ring (bicyclic) bond motifs is 1. The van der Waals surface area contributed by atoms with Crippen molar-refractivity contribution in [3.8, 4) is 17.2 Å². The molecule has 3 rings (SSSR count). The standard InChI is InChI=1S/C14H20N2O3S/c1-17-12-6-10(7-13-14(12)19-9-18-13)11(8-15)16-2-4-20-5-3-16/h6-7,11H,2-5,8-9,15H2,1H3. The van der Waals surface area contributed by atoms with Crippen molar-refractivity contribution in [1.82, 2.24) is 4.90 Å². The minimum absolute atomic E-state index is 0.208. The highest BCUT2D eigenvalue weighted by molar-refractivity contribution is 7.99. The van der Waals surface area contributed by atoms with Crippen LogP contribution in [0.25, 0.3) is 0 Å². The van der Waals surface area contributed by atoms with Crippen molar-refractivity contribution in [2.45, 2.75) is 6.04 Å². The average molecular weight is 296 g/mol. The topological polar surface area (TPSA) is 57.0 Å². The molecule has 0 aliphatic carbocycles. The predicted molar refractivity (Wildman–Crippen MR) is 79.8 cm³/mol. The Morgan fingerprint density at radius 2 is 2.15 bits per heavy atom. The van der Waals surface area contributed by atoms with Gasteiger partial charge in [0.15, 0.2) is 11.5 Å². The molecule has 1 unspecified atom stereocenters. The van der Waals surface area contributed by atoms with E-state index in [0.717, 1.165) is 41.7 Å². The van der Waals surface area contributed by atoms with E-state index >= 15 is 0 Å². The van der Waals surface area contributed by atoms with Gasteiger partial charge >= 0.3 is 0 Å². The summed E-state index contributed by atoms with van der Waals surface area (Å²) in [5.41, 5.74) is 7.15. The molecule has 2 aliphatic rings. The summed E-state index contributed by atoms with van der Waals surface area (Å²) in [6.07, 6.45) is 0. The van der Waals surface area contributed by atoms with Crippen molar-refractivity contribution in [3.63, 3.8) is 0 Å². The smallest absolute Gasteiger partial charge is 0.231 e. The quantitative estimate of drug-likeness (QED) is 0.908. The zero-order valence-electron chi connectivity index (χ0n) is 11.6. The maximum atomic E-state index is 6.01. The van der Waals surface area contributed by atoms with E-state index in [0.29, 0.717) is 12.3 Å². The normalized spacial score (nSPS) is 19.9. The fraction of sp³-hybridized carbons (Fsp3) is 0.571. The summed E-state index contributed by atoms with van der Waals surface area (Å²) < 4.78 is 16.3. The lowest BCUT2D eigenvalue weighted by Crippen LogP contribution is -2.39. The fourth-order valence-corrected chi connectivity index (χ4v) is 3.66. The second-order valence-electron chi connectivity index (χ2n) is 4.86. The first-order valence-corrected chi connectivity index (χ1v) is 7.98. The molecule has 0 bridgehead atoms. The summed E-state index contributed by atoms with van der Waals surface area (Å²) in [6, 6.07) is 4.26. The van der Waals surface area contributed by atoms with Crippen LogP contribution < -0.4 is 19.9 Å². The van der Waals surface area contributed by atoms with E-state index in [-0.39, 0.29) is 12.8 Å². The molecule has 1 atom stereocenters. The average Bonchev–Trinajstić information content (AvgIpc) is 2.97. The van der Waals surface area contributed by atoms with Gasteiger partial charge in [0.1, 0.15) is 0 Å². The highest BCUT2D eigenvalue weighted by Crippen LogP contribution is 2.43. The van der Waals surface area contributed by atoms with E-state index < -0.39 is 0 Å². The summed E-state index contributed by atoms with van der Waals surface area (Å²) in [5, 5.41) is 0. The lowest BCUT2D eigenvalue weighted by Gasteiger charge is -2.34. The lowest BCUT2D eigenvalue weighted by molar-refractivity contribution is 0.171. The Hall–Kier alpha value is -1.11. The van der Waals surface area contributed by atoms with Gasteiger partial charge in [-0.3, -0.25) is 4.90 Å². The molecule has 0 amide bonds. The van der Waals surface area contributed by atoms with Gasteiger partial charge < -0.3 is 19.9 Å². The SMILES string of the molecule is COc1cc(C(CN)N2CCSCC2)cc2c1OCO2. The maximum absolute atomic E-state index is 6.01. The second-order valence-corrected chi connectivity index (χ2v) is 6.08. The molecule has 0 aromatic heterocycles. The molecule has 1 saturated heterocycles. The van der Waals surface area contributed by atoms with Crippen LogP contribution in [0.4, 0.5) is 0 Å². The van der Waals surface area contributed by atoms with Gasteiger partial charge in [-0.1, -0.05) is 0 Å². The van der Waals surface area contributed by atoms with Crippen LogP contribution in [-0.2, 0) is 0 Å². The Bertz CT molecular complexity index is 478. The van der Waals surface area contributed by atoms with Gasteiger partial charge in [-0.2, -0.15) is 11.8 Å². The Morgan fingerprint density at radius 3 is 2.85 bits per heavy atom. The van der Waals surface area contributed by atoms with Gasteiger partial charge in [-0.25, -0.2) is 0 Å². The van der Waals surface area contributed by atoms with E-state index in [1.165, 1.54) is 0 Å². The van der Waals surface area contributed by atoms with Crippen molar-refractivity contribution in [2.24, 2.45) is 5.73 Å². The number of nitrogens with zero attached hydrogens (tertiary/aromatic N) is 1. The van der Waals surface area contributed by atoms with Crippen LogP contribution in [0, 0.1) is 0 Å². The minimum atomic E-state index is 0.208. The molecular formula is C14H20N2O3S. The van der Waals surface area contributed by atoms with Crippen LogP contribution in [0.15, 0.2) is 12.1 Å². The first-order valence-electron chi connectivity index (χ1n) is 6.83. The van der Waals surface area contributed by atoms with E-state index in [2.05, 4.69) is 4.90 Å². The third-order valence-corrected chi connectivity index (χ3v) is 4.72. The van der Waals surface area contributed by atoms with Crippen LogP contribution in [0.5, 0.6) is 17.2 Å². The van der Waals surface area contributed by atoms with Crippen LogP contribution in [0.1, 0.15) is 11.6 Å². The van der Waals surface area contributed by atoms with Crippen molar-refractivity contribution >= 4 is 11.8 Å². The van der Waals surface area contributed by atoms with Gasteiger partial charge in [0.05, 0.1) is 7.11 Å². The number of thioether (sulfide) groups is 1. The van der Waals surface area contributed by atoms with E-state index in [4.69, 9.17) is 19.9 Å². The first kappa shape index (κ1) is 13.9. The number of hydrogen-bond acceptors (Lipinski definition) is 6. The molecule has 6 heteroatoms. The molecule has 2 N–H and O–H groups in total. The summed E-state index contributed by atoms with van der Waals surface area (Å²) in [6.45, 7) is 2.99. The minimum Gasteiger partial charge on any atom is -0.493 e. The highest BCUT2D eigenvalue weighted by atomic mass is 32.2. The predicted octanol–water partition coefficient (Wildman–Crippen LogP) is 1.47. The highest BCUT2D eigenvalue weighted by Gasteiger charge is 2.26. The zero-order valence-corrected chi connectivity index (χ0v) is 12.4. The van der Waals surface area contributed by atoms with E-state index in [1.807, 2.05) is 23.9 Å². The molecule has 110 valence electrons. The number of hydrogen-bond donors (Lipinski definition) is 1. The summed E-state index contributed by atoms with van der Waals surface area (Å²) in [5.74, 6) is 4.50. The molecule has 0 saturated carbocycles. The number of rotatable bonds is 4. The molecule has 2 heterocycles. The molecular weight excluding hydrogens is 276 g/mol. The Balaban J connectivity index is 1.91. The molecule has 20 heavy (non-hydrogen) atoms. The van der Waals surface area contributed by atoms with Crippen LogP contribution in [0.3, 0.4) is 0 Å². The van der Waals surface area contributed by atoms with Crippen molar-refractivity contribution < 1.29 is 14.2 Å². The summed E-state index contributed by atoms with van der Waals surface area (Å²) in [4.78, 5) is 2.44. The van der Waals surface area contributed by atoms with Crippen molar-refractivity contribution in [1.29, 1.82) is 0 Å². The molecule has 1 aromatic carbocycles. The van der Waals surface area contributed by atoms with Gasteiger partial charge in [-0.05, 0) is 17.7 Å². The van der Waals surface area contributed by atoms with Crippen LogP contribution >= 0.6 is 11.8 Å². The Labute approximate surface area is 123 Å². The van der Waals surface area contributed by atoms with Gasteiger partial charge in [0.2, 0.25) is 12.5 Å². The van der Waals surface area contributed by atoms with Crippen LogP contribution in [0.2, 0.25) is 0 Å². The summed E-state index contributed by atoms with van der Waals surface area (Å²) >= 11 is 2.00. The van der Waals surface area contributed by atoms with Gasteiger partial charge in [0, 0.05) is 37.2 Å². The monoisotopic (exact) mass is 296 g/mol. The van der Waals surface area contributed by atoms with E-state index in [9.17, 15) is 0 Å². The van der Waals surface area contributed by atoms with Crippen LogP contribution in [-0.4, -0.2) is 49.9 Å². The fourth-order valence-electron chi connectivity index (χ4n) is 2.73. The van der Waals surface area contributed by atoms with E-state index in [1.54, 1.807) is 7.11 Å². The first-order chi connectivity index (χ1) is 9.83. The largest absolute Gasteiger partial charge is 0.493 e. The third-order valence-electron chi connectivity index (χ3n) is 3.78. The molecule has 1 aromatic rings. The third kappa shape index (κ3) is 2.55. The zero-order chi connectivity index (χ0) is 13.9. The number of ether oxygens (including phenoxy) is 3. The van der Waals surface area contributed by atoms with Gasteiger partial charge in [-0.15, -0.1) is 0 Å². The number of nitrogens with two attached hydrogens (primary N) is 1. The Morgan fingerprint density at radius 1 is 1.35 bits per heavy atom. The second kappa shape index (κ2) is 6.11. The maximum Gasteiger partial charge on any atom is 0.231 e. The number of methoxy groups -OCH3 is 1. The lowest BCUT2D eigenvalue weighted by atomic mass is 10.0. The summed E-state index contributed by atoms with van der Waals surface area (Å²) in [7, 11) is 1.65. The molecule has 0 radical (unpaired) electrons.